The maximum atomic E-state index is 12.2. The van der Waals surface area contributed by atoms with Crippen LogP contribution in [0.5, 0.6) is 0 Å². The number of piperazine rings is 2. The summed E-state index contributed by atoms with van der Waals surface area (Å²) in [6.07, 6.45) is 3.64. The molecule has 0 atom stereocenters. The minimum Gasteiger partial charge on any atom is -0.459 e. The van der Waals surface area contributed by atoms with Crippen LogP contribution in [0.15, 0.2) is 0 Å². The van der Waals surface area contributed by atoms with E-state index in [9.17, 15) is 4.79 Å². The van der Waals surface area contributed by atoms with Crippen LogP contribution >= 0.6 is 0 Å². The molecule has 2 aliphatic rings. The van der Waals surface area contributed by atoms with Crippen molar-refractivity contribution >= 4 is 5.97 Å². The molecule has 0 radical (unpaired) electrons. The van der Waals surface area contributed by atoms with Gasteiger partial charge in [-0.05, 0) is 52.7 Å². The predicted octanol–water partition coefficient (Wildman–Crippen LogP) is 1.90. The lowest BCUT2D eigenvalue weighted by Gasteiger charge is -2.44. The average Bonchev–Trinajstić information content (AvgIpc) is 2.64. The predicted molar refractivity (Wildman–Crippen MR) is 115 cm³/mol. The van der Waals surface area contributed by atoms with E-state index in [1.165, 1.54) is 58.7 Å². The first-order valence-electron chi connectivity index (χ1n) is 11.7. The smallest absolute Gasteiger partial charge is 0.362 e. The second-order valence-electron chi connectivity index (χ2n) is 9.09. The highest BCUT2D eigenvalue weighted by Gasteiger charge is 2.35. The summed E-state index contributed by atoms with van der Waals surface area (Å²) in [5.74, 6) is -0.0286. The van der Waals surface area contributed by atoms with Crippen LogP contribution in [0, 0.1) is 0 Å². The number of hydrogen-bond acceptors (Lipinski definition) is 5. The van der Waals surface area contributed by atoms with Gasteiger partial charge in [0.1, 0.15) is 0 Å². The number of nitrogens with zero attached hydrogens (tertiary/aromatic N) is 4. The summed E-state index contributed by atoms with van der Waals surface area (Å²) >= 11 is 0. The van der Waals surface area contributed by atoms with E-state index in [1.54, 1.807) is 0 Å². The highest BCUT2D eigenvalue weighted by molar-refractivity contribution is 5.70. The maximum Gasteiger partial charge on any atom is 0.362 e. The van der Waals surface area contributed by atoms with Crippen molar-refractivity contribution in [3.63, 3.8) is 0 Å². The molecule has 6 heteroatoms. The quantitative estimate of drug-likeness (QED) is 0.393. The number of rotatable bonds is 11. The second-order valence-corrected chi connectivity index (χ2v) is 9.09. The molecule has 2 aliphatic heterocycles. The standard InChI is InChI=1S/C22H45N4O2/c1-5-8-23-11-13-24(14-12-23)9-7-10-25-15-18-26(17-6-2,19-16-25)20-22(27)28-21(3)4/h21H,5-20H2,1-4H3/q+1. The molecular weight excluding hydrogens is 352 g/mol. The zero-order chi connectivity index (χ0) is 20.4. The molecule has 2 heterocycles. The highest BCUT2D eigenvalue weighted by Crippen LogP contribution is 2.16. The molecule has 2 fully saturated rings. The molecule has 0 amide bonds. The Morgan fingerprint density at radius 1 is 0.857 bits per heavy atom. The summed E-state index contributed by atoms with van der Waals surface area (Å²) in [4.78, 5) is 20.1. The van der Waals surface area contributed by atoms with Crippen LogP contribution < -0.4 is 0 Å². The van der Waals surface area contributed by atoms with Crippen molar-refractivity contribution in [1.82, 2.24) is 14.7 Å². The van der Waals surface area contributed by atoms with Gasteiger partial charge in [0.15, 0.2) is 6.54 Å². The van der Waals surface area contributed by atoms with Crippen LogP contribution in [-0.2, 0) is 9.53 Å². The Kier molecular flexibility index (Phi) is 10.2. The van der Waals surface area contributed by atoms with E-state index < -0.39 is 0 Å². The molecule has 0 aromatic rings. The van der Waals surface area contributed by atoms with Crippen LogP contribution in [0.1, 0.15) is 47.0 Å². The number of carbonyl (C=O) groups excluding carboxylic acids is 1. The van der Waals surface area contributed by atoms with Crippen LogP contribution in [0.3, 0.4) is 0 Å². The normalized spacial score (nSPS) is 21.9. The van der Waals surface area contributed by atoms with Crippen LogP contribution in [0.25, 0.3) is 0 Å². The fourth-order valence-corrected chi connectivity index (χ4v) is 4.73. The molecule has 6 nitrogen and oxygen atoms in total. The molecule has 0 aromatic carbocycles. The molecule has 2 rings (SSSR count). The van der Waals surface area contributed by atoms with E-state index in [1.807, 2.05) is 13.8 Å². The SMILES string of the molecule is CCCN1CCN(CCCN2CC[N+](CCC)(CC(=O)OC(C)C)CC2)CC1. The van der Waals surface area contributed by atoms with Crippen molar-refractivity contribution in [2.24, 2.45) is 0 Å². The number of esters is 1. The minimum absolute atomic E-state index is 0.0145. The molecule has 2 saturated heterocycles. The van der Waals surface area contributed by atoms with Gasteiger partial charge in [-0.3, -0.25) is 4.90 Å². The van der Waals surface area contributed by atoms with E-state index in [0.717, 1.165) is 43.6 Å². The number of carbonyl (C=O) groups is 1. The summed E-state index contributed by atoms with van der Waals surface area (Å²) in [6, 6.07) is 0. The van der Waals surface area contributed by atoms with Crippen LogP contribution in [0.2, 0.25) is 0 Å². The first-order chi connectivity index (χ1) is 13.5. The summed E-state index contributed by atoms with van der Waals surface area (Å²) in [6.45, 7) is 23.0. The fourth-order valence-electron chi connectivity index (χ4n) is 4.73. The van der Waals surface area contributed by atoms with Crippen molar-refractivity contribution < 1.29 is 14.0 Å². The van der Waals surface area contributed by atoms with Gasteiger partial charge in [0.2, 0.25) is 0 Å². The first-order valence-corrected chi connectivity index (χ1v) is 11.7. The Morgan fingerprint density at radius 2 is 1.39 bits per heavy atom. The highest BCUT2D eigenvalue weighted by atomic mass is 16.5. The lowest BCUT2D eigenvalue weighted by atomic mass is 10.2. The van der Waals surface area contributed by atoms with E-state index in [-0.39, 0.29) is 12.1 Å². The van der Waals surface area contributed by atoms with E-state index >= 15 is 0 Å². The molecule has 0 bridgehead atoms. The molecule has 164 valence electrons. The van der Waals surface area contributed by atoms with Crippen molar-refractivity contribution in [2.75, 3.05) is 85.1 Å². The van der Waals surface area contributed by atoms with Crippen LogP contribution in [0.4, 0.5) is 0 Å². The third kappa shape index (κ3) is 7.97. The summed E-state index contributed by atoms with van der Waals surface area (Å²) in [7, 11) is 0. The Bertz CT molecular complexity index is 442. The molecule has 0 aromatic heterocycles. The van der Waals surface area contributed by atoms with Gasteiger partial charge < -0.3 is 19.0 Å². The Hall–Kier alpha value is -0.690. The second kappa shape index (κ2) is 12.1. The molecule has 0 aliphatic carbocycles. The van der Waals surface area contributed by atoms with Crippen molar-refractivity contribution in [1.29, 1.82) is 0 Å². The molecular formula is C22H45N4O2+. The topological polar surface area (TPSA) is 36.0 Å². The lowest BCUT2D eigenvalue weighted by Crippen LogP contribution is -2.62. The van der Waals surface area contributed by atoms with Crippen molar-refractivity contribution in [3.8, 4) is 0 Å². The molecule has 28 heavy (non-hydrogen) atoms. The minimum atomic E-state index is -0.0286. The zero-order valence-electron chi connectivity index (χ0n) is 19.0. The monoisotopic (exact) mass is 397 g/mol. The Morgan fingerprint density at radius 3 is 1.89 bits per heavy atom. The number of quaternary nitrogens is 1. The number of hydrogen-bond donors (Lipinski definition) is 0. The third-order valence-electron chi connectivity index (χ3n) is 6.26. The van der Waals surface area contributed by atoms with Gasteiger partial charge in [0, 0.05) is 39.3 Å². The Labute approximate surface area is 173 Å². The van der Waals surface area contributed by atoms with Crippen molar-refractivity contribution in [2.45, 2.75) is 53.1 Å². The van der Waals surface area contributed by atoms with Crippen LogP contribution in [-0.4, -0.2) is 116 Å². The summed E-state index contributed by atoms with van der Waals surface area (Å²) in [5.41, 5.74) is 0. The van der Waals surface area contributed by atoms with E-state index in [0.29, 0.717) is 6.54 Å². The molecule has 0 N–H and O–H groups in total. The lowest BCUT2D eigenvalue weighted by molar-refractivity contribution is -0.925. The van der Waals surface area contributed by atoms with Gasteiger partial charge in [-0.2, -0.15) is 0 Å². The number of ether oxygens (including phenoxy) is 1. The Balaban J connectivity index is 1.67. The summed E-state index contributed by atoms with van der Waals surface area (Å²) < 4.78 is 6.34. The van der Waals surface area contributed by atoms with Gasteiger partial charge in [0.25, 0.3) is 0 Å². The maximum absolute atomic E-state index is 12.2. The average molecular weight is 398 g/mol. The summed E-state index contributed by atoms with van der Waals surface area (Å²) in [5, 5.41) is 0. The zero-order valence-corrected chi connectivity index (χ0v) is 19.0. The molecule has 0 saturated carbocycles. The third-order valence-corrected chi connectivity index (χ3v) is 6.26. The van der Waals surface area contributed by atoms with Gasteiger partial charge >= 0.3 is 5.97 Å². The van der Waals surface area contributed by atoms with E-state index in [4.69, 9.17) is 4.74 Å². The van der Waals surface area contributed by atoms with Gasteiger partial charge in [-0.1, -0.05) is 13.8 Å². The van der Waals surface area contributed by atoms with Crippen molar-refractivity contribution in [3.05, 3.63) is 0 Å². The fraction of sp³-hybridized carbons (Fsp3) is 0.955. The molecule has 0 spiro atoms. The van der Waals surface area contributed by atoms with Gasteiger partial charge in [-0.15, -0.1) is 0 Å². The van der Waals surface area contributed by atoms with Gasteiger partial charge in [0.05, 0.1) is 25.7 Å². The largest absolute Gasteiger partial charge is 0.459 e. The molecule has 0 unspecified atom stereocenters. The van der Waals surface area contributed by atoms with Gasteiger partial charge in [-0.25, -0.2) is 4.79 Å². The first kappa shape index (κ1) is 23.6. The van der Waals surface area contributed by atoms with E-state index in [2.05, 4.69) is 28.5 Å².